The van der Waals surface area contributed by atoms with Gasteiger partial charge in [-0.3, -0.25) is 4.90 Å². The van der Waals surface area contributed by atoms with Crippen LogP contribution in [0.4, 0.5) is 4.39 Å². The van der Waals surface area contributed by atoms with Crippen molar-refractivity contribution in [2.45, 2.75) is 19.8 Å². The maximum absolute atomic E-state index is 14.3. The average Bonchev–Trinajstić information content (AvgIpc) is 2.78. The van der Waals surface area contributed by atoms with Crippen molar-refractivity contribution in [3.8, 4) is 17.1 Å². The monoisotopic (exact) mass is 408 g/mol. The molecule has 2 aromatic carbocycles. The van der Waals surface area contributed by atoms with Gasteiger partial charge in [0.25, 0.3) is 0 Å². The number of nitrogens with zero attached hydrogens (tertiary/aromatic N) is 2. The number of rotatable bonds is 6. The topological polar surface area (TPSA) is 34.6 Å². The van der Waals surface area contributed by atoms with Crippen LogP contribution < -0.4 is 4.74 Å². The molecule has 1 aliphatic rings. The van der Waals surface area contributed by atoms with E-state index in [1.165, 1.54) is 6.07 Å². The van der Waals surface area contributed by atoms with E-state index in [1.54, 1.807) is 13.2 Å². The summed E-state index contributed by atoms with van der Waals surface area (Å²) >= 11 is 0. The highest BCUT2D eigenvalue weighted by atomic mass is 19.1. The third-order valence-corrected chi connectivity index (χ3v) is 5.97. The third kappa shape index (κ3) is 4.32. The van der Waals surface area contributed by atoms with Gasteiger partial charge in [-0.15, -0.1) is 0 Å². The number of fused-ring (bicyclic) bond motifs is 1. The highest BCUT2D eigenvalue weighted by Gasteiger charge is 2.25. The molecule has 3 aromatic rings. The molecule has 0 amide bonds. The summed E-state index contributed by atoms with van der Waals surface area (Å²) in [5, 5.41) is 1.49. The summed E-state index contributed by atoms with van der Waals surface area (Å²) in [5.74, 6) is 1.19. The number of hydrogen-bond acceptors (Lipinski definition) is 4. The summed E-state index contributed by atoms with van der Waals surface area (Å²) < 4.78 is 25.5. The Kier molecular flexibility index (Phi) is 6.30. The molecule has 0 saturated carbocycles. The van der Waals surface area contributed by atoms with Crippen LogP contribution in [0.2, 0.25) is 0 Å². The summed E-state index contributed by atoms with van der Waals surface area (Å²) in [7, 11) is 1.67. The van der Waals surface area contributed by atoms with Crippen LogP contribution in [0, 0.1) is 11.7 Å². The molecule has 1 atom stereocenters. The Bertz CT molecular complexity index is 1020. The van der Waals surface area contributed by atoms with Crippen LogP contribution in [-0.2, 0) is 4.74 Å². The SMILES string of the molecule is COc1nc(-c2ccc3cccc(F)c3c2)ccc1C(CN1CCOCC1)C(C)C. The fraction of sp³-hybridized carbons (Fsp3) is 0.400. The molecule has 0 N–H and O–H groups in total. The zero-order valence-electron chi connectivity index (χ0n) is 17.9. The first kappa shape index (κ1) is 20.8. The second-order valence-electron chi connectivity index (χ2n) is 8.23. The number of methoxy groups -OCH3 is 1. The van der Waals surface area contributed by atoms with Crippen LogP contribution in [-0.4, -0.2) is 49.8 Å². The number of pyridine rings is 1. The Morgan fingerprint density at radius 1 is 1.10 bits per heavy atom. The minimum Gasteiger partial charge on any atom is -0.481 e. The van der Waals surface area contributed by atoms with Gasteiger partial charge >= 0.3 is 0 Å². The van der Waals surface area contributed by atoms with E-state index in [0.29, 0.717) is 23.1 Å². The highest BCUT2D eigenvalue weighted by Crippen LogP contribution is 2.34. The predicted octanol–water partition coefficient (Wildman–Crippen LogP) is 5.12. The molecule has 1 fully saturated rings. The van der Waals surface area contributed by atoms with Crippen molar-refractivity contribution in [1.82, 2.24) is 9.88 Å². The van der Waals surface area contributed by atoms with Crippen molar-refractivity contribution in [3.63, 3.8) is 0 Å². The van der Waals surface area contributed by atoms with Gasteiger partial charge in [-0.25, -0.2) is 9.37 Å². The van der Waals surface area contributed by atoms with Crippen LogP contribution in [0.1, 0.15) is 25.3 Å². The smallest absolute Gasteiger partial charge is 0.217 e. The van der Waals surface area contributed by atoms with Crippen molar-refractivity contribution >= 4 is 10.8 Å². The maximum atomic E-state index is 14.3. The van der Waals surface area contributed by atoms with Crippen LogP contribution in [0.25, 0.3) is 22.0 Å². The van der Waals surface area contributed by atoms with Crippen LogP contribution >= 0.6 is 0 Å². The van der Waals surface area contributed by atoms with Crippen molar-refractivity contribution in [3.05, 3.63) is 59.9 Å². The standard InChI is InChI=1S/C25H29FN2O2/c1-17(2)22(16-28-11-13-30-14-12-28)20-9-10-24(27-25(20)29-3)19-8-7-18-5-4-6-23(26)21(18)15-19/h4-10,15,17,22H,11-14,16H2,1-3H3. The zero-order valence-corrected chi connectivity index (χ0v) is 17.9. The van der Waals surface area contributed by atoms with E-state index < -0.39 is 0 Å². The Morgan fingerprint density at radius 3 is 2.63 bits per heavy atom. The summed E-state index contributed by atoms with van der Waals surface area (Å²) in [6.07, 6.45) is 0. The summed E-state index contributed by atoms with van der Waals surface area (Å²) in [6, 6.07) is 15.1. The minimum atomic E-state index is -0.219. The van der Waals surface area contributed by atoms with Crippen molar-refractivity contribution in [2.24, 2.45) is 5.92 Å². The van der Waals surface area contributed by atoms with Gasteiger partial charge in [0.1, 0.15) is 5.82 Å². The lowest BCUT2D eigenvalue weighted by Crippen LogP contribution is -2.39. The van der Waals surface area contributed by atoms with Crippen LogP contribution in [0.3, 0.4) is 0 Å². The summed E-state index contributed by atoms with van der Waals surface area (Å²) in [6.45, 7) is 8.93. The Hall–Kier alpha value is -2.50. The molecule has 0 aliphatic carbocycles. The maximum Gasteiger partial charge on any atom is 0.217 e. The quantitative estimate of drug-likeness (QED) is 0.567. The first-order valence-corrected chi connectivity index (χ1v) is 10.6. The molecule has 0 radical (unpaired) electrons. The van der Waals surface area contributed by atoms with Crippen LogP contribution in [0.5, 0.6) is 5.88 Å². The molecule has 1 unspecified atom stereocenters. The molecule has 1 aliphatic heterocycles. The van der Waals surface area contributed by atoms with E-state index in [2.05, 4.69) is 24.8 Å². The van der Waals surface area contributed by atoms with Gasteiger partial charge in [-0.05, 0) is 29.5 Å². The summed E-state index contributed by atoms with van der Waals surface area (Å²) in [5.41, 5.74) is 2.79. The molecule has 5 heteroatoms. The molecular weight excluding hydrogens is 379 g/mol. The molecule has 0 spiro atoms. The molecular formula is C25H29FN2O2. The zero-order chi connectivity index (χ0) is 21.1. The van der Waals surface area contributed by atoms with E-state index in [-0.39, 0.29) is 5.82 Å². The number of ether oxygens (including phenoxy) is 2. The van der Waals surface area contributed by atoms with Gasteiger partial charge in [-0.2, -0.15) is 0 Å². The van der Waals surface area contributed by atoms with E-state index in [9.17, 15) is 4.39 Å². The Labute approximate surface area is 177 Å². The number of benzene rings is 2. The Balaban J connectivity index is 1.67. The van der Waals surface area contributed by atoms with E-state index in [0.717, 1.165) is 55.1 Å². The second kappa shape index (κ2) is 9.11. The predicted molar refractivity (Wildman–Crippen MR) is 119 cm³/mol. The number of hydrogen-bond donors (Lipinski definition) is 0. The number of halogens is 1. The highest BCUT2D eigenvalue weighted by molar-refractivity contribution is 5.87. The van der Waals surface area contributed by atoms with Gasteiger partial charge in [0.15, 0.2) is 0 Å². The van der Waals surface area contributed by atoms with Gasteiger partial charge in [0.2, 0.25) is 5.88 Å². The van der Waals surface area contributed by atoms with Gasteiger partial charge in [0, 0.05) is 42.1 Å². The molecule has 0 bridgehead atoms. The van der Waals surface area contributed by atoms with E-state index >= 15 is 0 Å². The molecule has 1 saturated heterocycles. The fourth-order valence-corrected chi connectivity index (χ4v) is 4.18. The second-order valence-corrected chi connectivity index (χ2v) is 8.23. The first-order chi connectivity index (χ1) is 14.6. The molecule has 4 rings (SSSR count). The van der Waals surface area contributed by atoms with Crippen molar-refractivity contribution in [2.75, 3.05) is 40.0 Å². The van der Waals surface area contributed by atoms with Gasteiger partial charge in [0.05, 0.1) is 26.0 Å². The lowest BCUT2D eigenvalue weighted by atomic mass is 9.88. The number of morpholine rings is 1. The fourth-order valence-electron chi connectivity index (χ4n) is 4.18. The van der Waals surface area contributed by atoms with E-state index in [4.69, 9.17) is 14.5 Å². The van der Waals surface area contributed by atoms with Crippen molar-refractivity contribution in [1.29, 1.82) is 0 Å². The summed E-state index contributed by atoms with van der Waals surface area (Å²) in [4.78, 5) is 7.26. The average molecular weight is 409 g/mol. The molecule has 1 aromatic heterocycles. The molecule has 158 valence electrons. The third-order valence-electron chi connectivity index (χ3n) is 5.97. The van der Waals surface area contributed by atoms with Gasteiger partial charge < -0.3 is 9.47 Å². The molecule has 2 heterocycles. The minimum absolute atomic E-state index is 0.219. The first-order valence-electron chi connectivity index (χ1n) is 10.6. The van der Waals surface area contributed by atoms with Crippen LogP contribution in [0.15, 0.2) is 48.5 Å². The largest absolute Gasteiger partial charge is 0.481 e. The van der Waals surface area contributed by atoms with Gasteiger partial charge in [-0.1, -0.05) is 44.2 Å². The van der Waals surface area contributed by atoms with E-state index in [1.807, 2.05) is 30.3 Å². The lowest BCUT2D eigenvalue weighted by molar-refractivity contribution is 0.0327. The lowest BCUT2D eigenvalue weighted by Gasteiger charge is -2.32. The Morgan fingerprint density at radius 2 is 1.90 bits per heavy atom. The normalized spacial score (nSPS) is 16.2. The molecule has 4 nitrogen and oxygen atoms in total. The number of aromatic nitrogens is 1. The van der Waals surface area contributed by atoms with Crippen molar-refractivity contribution < 1.29 is 13.9 Å². The molecule has 30 heavy (non-hydrogen) atoms.